The van der Waals surface area contributed by atoms with Gasteiger partial charge in [0.05, 0.1) is 0 Å². The second-order valence-corrected chi connectivity index (χ2v) is 2.37. The summed E-state index contributed by atoms with van der Waals surface area (Å²) in [5.41, 5.74) is 2.46. The number of hydrogen-bond donors (Lipinski definition) is 2. The topological polar surface area (TPSA) is 81.6 Å². The van der Waals surface area contributed by atoms with Crippen LogP contribution >= 0.6 is 0 Å². The molecule has 0 saturated carbocycles. The quantitative estimate of drug-likeness (QED) is 0.495. The number of nitrogens with zero attached hydrogens (tertiary/aromatic N) is 4. The van der Waals surface area contributed by atoms with Gasteiger partial charge in [-0.3, -0.25) is 0 Å². The van der Waals surface area contributed by atoms with Crippen molar-refractivity contribution in [2.24, 2.45) is 5.84 Å². The molecule has 0 radical (unpaired) electrons. The highest BCUT2D eigenvalue weighted by atomic mass is 15.4. The van der Waals surface area contributed by atoms with Crippen LogP contribution in [0.3, 0.4) is 0 Å². The predicted molar refractivity (Wildman–Crippen MR) is 47.0 cm³/mol. The molecule has 0 atom stereocenters. The van der Waals surface area contributed by atoms with Crippen molar-refractivity contribution in [3.8, 4) is 5.82 Å². The average molecular weight is 176 g/mol. The van der Waals surface area contributed by atoms with E-state index in [0.717, 1.165) is 0 Å². The van der Waals surface area contributed by atoms with E-state index < -0.39 is 0 Å². The van der Waals surface area contributed by atoms with Gasteiger partial charge in [0.25, 0.3) is 0 Å². The van der Waals surface area contributed by atoms with Gasteiger partial charge in [0, 0.05) is 0 Å². The normalized spacial score (nSPS) is 9.92. The van der Waals surface area contributed by atoms with Gasteiger partial charge in [-0.1, -0.05) is 6.07 Å². The molecule has 0 spiro atoms. The monoisotopic (exact) mass is 176 g/mol. The number of anilines is 1. The van der Waals surface area contributed by atoms with Crippen molar-refractivity contribution in [3.05, 3.63) is 30.9 Å². The Balaban J connectivity index is 2.41. The number of nitrogens with two attached hydrogens (primary N) is 1. The van der Waals surface area contributed by atoms with E-state index in [0.29, 0.717) is 11.6 Å². The van der Waals surface area contributed by atoms with Gasteiger partial charge < -0.3 is 5.43 Å². The predicted octanol–water partition coefficient (Wildman–Crippen LogP) is -0.0521. The summed E-state index contributed by atoms with van der Waals surface area (Å²) in [7, 11) is 0. The van der Waals surface area contributed by atoms with Crippen LogP contribution in [0.5, 0.6) is 0 Å². The zero-order valence-electron chi connectivity index (χ0n) is 6.75. The molecule has 0 aromatic carbocycles. The van der Waals surface area contributed by atoms with Crippen LogP contribution in [0.15, 0.2) is 30.9 Å². The van der Waals surface area contributed by atoms with E-state index in [1.54, 1.807) is 17.1 Å². The van der Waals surface area contributed by atoms with E-state index in [4.69, 9.17) is 5.84 Å². The minimum Gasteiger partial charge on any atom is -0.308 e. The largest absolute Gasteiger partial charge is 0.308 e. The molecular formula is C7H8N6. The summed E-state index contributed by atoms with van der Waals surface area (Å²) in [6.07, 6.45) is 3.02. The fourth-order valence-corrected chi connectivity index (χ4v) is 0.958. The Kier molecular flexibility index (Phi) is 1.89. The third-order valence-corrected chi connectivity index (χ3v) is 1.54. The van der Waals surface area contributed by atoms with Crippen molar-refractivity contribution >= 4 is 5.82 Å². The van der Waals surface area contributed by atoms with Crippen molar-refractivity contribution < 1.29 is 0 Å². The molecular weight excluding hydrogens is 168 g/mol. The molecule has 0 aliphatic rings. The number of hydrazine groups is 1. The minimum absolute atomic E-state index is 0.591. The van der Waals surface area contributed by atoms with Gasteiger partial charge in [-0.05, 0) is 12.1 Å². The van der Waals surface area contributed by atoms with E-state index in [1.807, 2.05) is 12.1 Å². The third-order valence-electron chi connectivity index (χ3n) is 1.54. The number of rotatable bonds is 2. The Morgan fingerprint density at radius 3 is 3.00 bits per heavy atom. The lowest BCUT2D eigenvalue weighted by molar-refractivity contribution is 0.845. The summed E-state index contributed by atoms with van der Waals surface area (Å²) in [4.78, 5) is 7.97. The Bertz CT molecular complexity index is 382. The van der Waals surface area contributed by atoms with Gasteiger partial charge in [0.1, 0.15) is 18.5 Å². The molecule has 0 aliphatic carbocycles. The average Bonchev–Trinajstić information content (AvgIpc) is 2.71. The first-order valence-corrected chi connectivity index (χ1v) is 3.69. The SMILES string of the molecule is NNc1cccc(-n2cncn2)n1. The molecule has 2 rings (SSSR count). The van der Waals surface area contributed by atoms with Gasteiger partial charge in [-0.2, -0.15) is 5.10 Å². The highest BCUT2D eigenvalue weighted by Gasteiger charge is 1.98. The van der Waals surface area contributed by atoms with Gasteiger partial charge in [0.2, 0.25) is 0 Å². The van der Waals surface area contributed by atoms with Crippen LogP contribution in [0, 0.1) is 0 Å². The van der Waals surface area contributed by atoms with Crippen LogP contribution < -0.4 is 11.3 Å². The van der Waals surface area contributed by atoms with Crippen molar-refractivity contribution in [3.63, 3.8) is 0 Å². The van der Waals surface area contributed by atoms with Gasteiger partial charge in [0.15, 0.2) is 5.82 Å². The zero-order chi connectivity index (χ0) is 9.10. The van der Waals surface area contributed by atoms with Crippen LogP contribution in [-0.2, 0) is 0 Å². The lowest BCUT2D eigenvalue weighted by atomic mass is 10.4. The molecule has 0 aliphatic heterocycles. The first-order valence-electron chi connectivity index (χ1n) is 3.69. The molecule has 66 valence electrons. The summed E-state index contributed by atoms with van der Waals surface area (Å²) in [5.74, 6) is 6.48. The van der Waals surface area contributed by atoms with E-state index in [-0.39, 0.29) is 0 Å². The van der Waals surface area contributed by atoms with Gasteiger partial charge >= 0.3 is 0 Å². The lowest BCUT2D eigenvalue weighted by Crippen LogP contribution is -2.09. The molecule has 3 N–H and O–H groups in total. The smallest absolute Gasteiger partial charge is 0.157 e. The van der Waals surface area contributed by atoms with Crippen LogP contribution in [0.25, 0.3) is 5.82 Å². The Morgan fingerprint density at radius 1 is 1.38 bits per heavy atom. The first-order chi connectivity index (χ1) is 6.40. The Labute approximate surface area is 74.4 Å². The maximum absolute atomic E-state index is 5.21. The fourth-order valence-electron chi connectivity index (χ4n) is 0.958. The number of nitrogen functional groups attached to an aromatic ring is 1. The standard InChI is InChI=1S/C7H8N6/c8-12-6-2-1-3-7(11-6)13-5-9-4-10-13/h1-5H,8H2,(H,11,12). The Hall–Kier alpha value is -1.95. The third kappa shape index (κ3) is 1.47. The number of pyridine rings is 1. The molecule has 0 unspecified atom stereocenters. The maximum atomic E-state index is 5.21. The summed E-state index contributed by atoms with van der Waals surface area (Å²) in [5, 5.41) is 3.94. The maximum Gasteiger partial charge on any atom is 0.157 e. The fraction of sp³-hybridized carbons (Fsp3) is 0. The van der Waals surface area contributed by atoms with Crippen molar-refractivity contribution in [2.75, 3.05) is 5.43 Å². The molecule has 0 amide bonds. The van der Waals surface area contributed by atoms with Crippen molar-refractivity contribution in [2.45, 2.75) is 0 Å². The highest BCUT2D eigenvalue weighted by Crippen LogP contribution is 2.05. The van der Waals surface area contributed by atoms with Crippen molar-refractivity contribution in [1.29, 1.82) is 0 Å². The van der Waals surface area contributed by atoms with Gasteiger partial charge in [-0.15, -0.1) is 0 Å². The molecule has 0 fully saturated rings. The van der Waals surface area contributed by atoms with E-state index in [2.05, 4.69) is 20.5 Å². The Morgan fingerprint density at radius 2 is 2.31 bits per heavy atom. The molecule has 6 heteroatoms. The number of aromatic nitrogens is 4. The molecule has 0 bridgehead atoms. The molecule has 13 heavy (non-hydrogen) atoms. The second kappa shape index (κ2) is 3.20. The zero-order valence-corrected chi connectivity index (χ0v) is 6.75. The van der Waals surface area contributed by atoms with E-state index in [9.17, 15) is 0 Å². The molecule has 2 heterocycles. The van der Waals surface area contributed by atoms with E-state index in [1.165, 1.54) is 6.33 Å². The van der Waals surface area contributed by atoms with Crippen molar-refractivity contribution in [1.82, 2.24) is 19.7 Å². The highest BCUT2D eigenvalue weighted by molar-refractivity contribution is 5.37. The van der Waals surface area contributed by atoms with Crippen LogP contribution in [-0.4, -0.2) is 19.7 Å². The van der Waals surface area contributed by atoms with E-state index >= 15 is 0 Å². The van der Waals surface area contributed by atoms with Gasteiger partial charge in [-0.25, -0.2) is 20.5 Å². The summed E-state index contributed by atoms with van der Waals surface area (Å²) in [6, 6.07) is 5.41. The summed E-state index contributed by atoms with van der Waals surface area (Å²) in [6.45, 7) is 0. The van der Waals surface area contributed by atoms with Crippen LogP contribution in [0.1, 0.15) is 0 Å². The van der Waals surface area contributed by atoms with Crippen LogP contribution in [0.2, 0.25) is 0 Å². The van der Waals surface area contributed by atoms with Crippen LogP contribution in [0.4, 0.5) is 5.82 Å². The summed E-state index contributed by atoms with van der Waals surface area (Å²) < 4.78 is 1.56. The molecule has 0 saturated heterocycles. The minimum atomic E-state index is 0.591. The lowest BCUT2D eigenvalue weighted by Gasteiger charge is -2.01. The number of hydrogen-bond acceptors (Lipinski definition) is 5. The molecule has 6 nitrogen and oxygen atoms in total. The second-order valence-electron chi connectivity index (χ2n) is 2.37. The molecule has 2 aromatic rings. The number of nitrogens with one attached hydrogen (secondary N) is 1. The summed E-state index contributed by atoms with van der Waals surface area (Å²) >= 11 is 0. The first kappa shape index (κ1) is 7.69. The molecule has 2 aromatic heterocycles.